The molecule has 0 aliphatic heterocycles. The Morgan fingerprint density at radius 1 is 0.944 bits per heavy atom. The van der Waals surface area contributed by atoms with Gasteiger partial charge in [-0.2, -0.15) is 0 Å². The van der Waals surface area contributed by atoms with Gasteiger partial charge in [0.1, 0.15) is 0 Å². The van der Waals surface area contributed by atoms with Crippen molar-refractivity contribution < 1.29 is 14.6 Å². The molecule has 0 rings (SSSR count). The molecule has 2 atom stereocenters. The molecule has 0 fully saturated rings. The van der Waals surface area contributed by atoms with E-state index >= 15 is 0 Å². The number of rotatable bonds is 12. The normalized spacial score (nSPS) is 15.9. The van der Waals surface area contributed by atoms with Crippen molar-refractivity contribution in [2.24, 2.45) is 11.8 Å². The molecule has 0 aromatic heterocycles. The fraction of sp³-hybridized carbons (Fsp3) is 0.733. The molecule has 0 amide bonds. The van der Waals surface area contributed by atoms with Gasteiger partial charge in [-0.1, -0.05) is 26.0 Å². The van der Waals surface area contributed by atoms with Crippen molar-refractivity contribution in [3.8, 4) is 0 Å². The highest BCUT2D eigenvalue weighted by Crippen LogP contribution is 2.19. The minimum Gasteiger partial charge on any atom is -0.393 e. The van der Waals surface area contributed by atoms with Gasteiger partial charge in [0.25, 0.3) is 0 Å². The van der Waals surface area contributed by atoms with E-state index in [-0.39, 0.29) is 17.9 Å². The second kappa shape index (κ2) is 11.5. The molecule has 0 aromatic carbocycles. The fourth-order valence-corrected chi connectivity index (χ4v) is 1.77. The Morgan fingerprint density at radius 2 is 1.33 bits per heavy atom. The summed E-state index contributed by atoms with van der Waals surface area (Å²) in [6, 6.07) is 0. The van der Waals surface area contributed by atoms with Gasteiger partial charge in [-0.15, -0.1) is 13.2 Å². The lowest BCUT2D eigenvalue weighted by Gasteiger charge is -2.24. The first-order chi connectivity index (χ1) is 8.63. The quantitative estimate of drug-likeness (QED) is 0.431. The molecule has 0 saturated carbocycles. The van der Waals surface area contributed by atoms with E-state index in [2.05, 4.69) is 27.0 Å². The zero-order valence-electron chi connectivity index (χ0n) is 11.8. The van der Waals surface area contributed by atoms with Crippen LogP contribution in [0.25, 0.3) is 0 Å². The molecule has 2 unspecified atom stereocenters. The van der Waals surface area contributed by atoms with Gasteiger partial charge >= 0.3 is 0 Å². The number of hydrogen-bond acceptors (Lipinski definition) is 3. The molecule has 0 aromatic rings. The number of aliphatic hydroxyl groups is 1. The second-order valence-electron chi connectivity index (χ2n) is 4.75. The maximum absolute atomic E-state index is 10.1. The Labute approximate surface area is 111 Å². The van der Waals surface area contributed by atoms with Gasteiger partial charge in [-0.25, -0.2) is 0 Å². The van der Waals surface area contributed by atoms with Crippen LogP contribution in [0.2, 0.25) is 0 Å². The lowest BCUT2D eigenvalue weighted by Crippen LogP contribution is -2.27. The molecule has 18 heavy (non-hydrogen) atoms. The summed E-state index contributed by atoms with van der Waals surface area (Å²) in [5, 5.41) is 10.1. The summed E-state index contributed by atoms with van der Waals surface area (Å²) in [5.74, 6) is 0.480. The first-order valence-electron chi connectivity index (χ1n) is 6.68. The number of aliphatic hydroxyl groups excluding tert-OH is 1. The Hall–Kier alpha value is -0.640. The monoisotopic (exact) mass is 256 g/mol. The molecule has 0 radical (unpaired) electrons. The van der Waals surface area contributed by atoms with Crippen LogP contribution < -0.4 is 0 Å². The minimum absolute atomic E-state index is 0.240. The predicted octanol–water partition coefficient (Wildman–Crippen LogP) is 2.80. The van der Waals surface area contributed by atoms with Crippen molar-refractivity contribution in [1.29, 1.82) is 0 Å². The summed E-state index contributed by atoms with van der Waals surface area (Å²) in [7, 11) is 0. The molecule has 0 spiro atoms. The van der Waals surface area contributed by atoms with Gasteiger partial charge in [0.05, 0.1) is 19.3 Å². The molecule has 3 nitrogen and oxygen atoms in total. The Morgan fingerprint density at radius 3 is 1.67 bits per heavy atom. The second-order valence-corrected chi connectivity index (χ2v) is 4.75. The topological polar surface area (TPSA) is 38.7 Å². The van der Waals surface area contributed by atoms with Gasteiger partial charge in [0, 0.05) is 13.2 Å². The maximum Gasteiger partial charge on any atom is 0.0644 e. The van der Waals surface area contributed by atoms with E-state index in [1.807, 2.05) is 0 Å². The standard InChI is InChI=1S/C15H28O3/c1-5-9-17-11-7-13(3)15(16)14(4)8-12-18-10-6-2/h5-6,13-16H,1-2,7-12H2,3-4H3. The summed E-state index contributed by atoms with van der Waals surface area (Å²) in [5.41, 5.74) is 0. The first kappa shape index (κ1) is 17.4. The summed E-state index contributed by atoms with van der Waals surface area (Å²) in [4.78, 5) is 0. The summed E-state index contributed by atoms with van der Waals surface area (Å²) in [6.45, 7) is 13.8. The summed E-state index contributed by atoms with van der Waals surface area (Å²) in [6.07, 6.45) is 4.91. The van der Waals surface area contributed by atoms with E-state index < -0.39 is 0 Å². The van der Waals surface area contributed by atoms with E-state index in [9.17, 15) is 5.11 Å². The molecule has 0 aliphatic rings. The molecule has 0 aliphatic carbocycles. The maximum atomic E-state index is 10.1. The minimum atomic E-state index is -0.301. The van der Waals surface area contributed by atoms with Gasteiger partial charge in [-0.3, -0.25) is 0 Å². The smallest absolute Gasteiger partial charge is 0.0644 e. The van der Waals surface area contributed by atoms with Crippen LogP contribution >= 0.6 is 0 Å². The highest BCUT2D eigenvalue weighted by Gasteiger charge is 2.20. The molecule has 0 saturated heterocycles. The Balaban J connectivity index is 3.70. The fourth-order valence-electron chi connectivity index (χ4n) is 1.77. The molecular weight excluding hydrogens is 228 g/mol. The highest BCUT2D eigenvalue weighted by molar-refractivity contribution is 4.72. The van der Waals surface area contributed by atoms with Crippen LogP contribution in [0.1, 0.15) is 26.7 Å². The Bertz CT molecular complexity index is 194. The van der Waals surface area contributed by atoms with Crippen LogP contribution in [0, 0.1) is 11.8 Å². The first-order valence-corrected chi connectivity index (χ1v) is 6.68. The molecule has 0 heterocycles. The third-order valence-electron chi connectivity index (χ3n) is 3.07. The molecule has 0 bridgehead atoms. The third-order valence-corrected chi connectivity index (χ3v) is 3.07. The highest BCUT2D eigenvalue weighted by atomic mass is 16.5. The number of hydrogen-bond donors (Lipinski definition) is 1. The van der Waals surface area contributed by atoms with Gasteiger partial charge in [0.2, 0.25) is 0 Å². The average molecular weight is 256 g/mol. The van der Waals surface area contributed by atoms with Crippen LogP contribution in [0.4, 0.5) is 0 Å². The zero-order valence-corrected chi connectivity index (χ0v) is 11.8. The molecule has 106 valence electrons. The van der Waals surface area contributed by atoms with Crippen molar-refractivity contribution in [2.75, 3.05) is 26.4 Å². The van der Waals surface area contributed by atoms with E-state index in [4.69, 9.17) is 9.47 Å². The van der Waals surface area contributed by atoms with Crippen LogP contribution in [-0.4, -0.2) is 37.6 Å². The van der Waals surface area contributed by atoms with Gasteiger partial charge < -0.3 is 14.6 Å². The van der Waals surface area contributed by atoms with E-state index in [0.29, 0.717) is 26.4 Å². The average Bonchev–Trinajstić information content (AvgIpc) is 2.38. The third kappa shape index (κ3) is 8.45. The van der Waals surface area contributed by atoms with Crippen LogP contribution in [-0.2, 0) is 9.47 Å². The molecule has 1 N–H and O–H groups in total. The summed E-state index contributed by atoms with van der Waals surface area (Å²) >= 11 is 0. The lowest BCUT2D eigenvalue weighted by atomic mass is 9.89. The van der Waals surface area contributed by atoms with Gasteiger partial charge in [0.15, 0.2) is 0 Å². The van der Waals surface area contributed by atoms with Crippen molar-refractivity contribution in [2.45, 2.75) is 32.8 Å². The van der Waals surface area contributed by atoms with E-state index in [1.54, 1.807) is 12.2 Å². The predicted molar refractivity (Wildman–Crippen MR) is 75.6 cm³/mol. The lowest BCUT2D eigenvalue weighted by molar-refractivity contribution is 0.0293. The van der Waals surface area contributed by atoms with Crippen molar-refractivity contribution in [3.05, 3.63) is 25.3 Å². The summed E-state index contributed by atoms with van der Waals surface area (Å²) < 4.78 is 10.7. The van der Waals surface area contributed by atoms with E-state index in [0.717, 1.165) is 12.8 Å². The van der Waals surface area contributed by atoms with Gasteiger partial charge in [-0.05, 0) is 24.7 Å². The van der Waals surface area contributed by atoms with Crippen LogP contribution in [0.5, 0.6) is 0 Å². The van der Waals surface area contributed by atoms with Crippen molar-refractivity contribution in [1.82, 2.24) is 0 Å². The van der Waals surface area contributed by atoms with Crippen molar-refractivity contribution >= 4 is 0 Å². The molecule has 3 heteroatoms. The van der Waals surface area contributed by atoms with Crippen molar-refractivity contribution in [3.63, 3.8) is 0 Å². The Kier molecular flexibility index (Phi) is 11.0. The largest absolute Gasteiger partial charge is 0.393 e. The zero-order chi connectivity index (χ0) is 13.8. The number of ether oxygens (including phenoxy) is 2. The molecular formula is C15H28O3. The van der Waals surface area contributed by atoms with Crippen LogP contribution in [0.15, 0.2) is 25.3 Å². The van der Waals surface area contributed by atoms with E-state index in [1.165, 1.54) is 0 Å². The SMILES string of the molecule is C=CCOCCC(C)C(O)C(C)CCOCC=C. The van der Waals surface area contributed by atoms with Crippen LogP contribution in [0.3, 0.4) is 0 Å².